The Balaban J connectivity index is 1.68. The number of rotatable bonds is 5. The Hall–Kier alpha value is -3.12. The summed E-state index contributed by atoms with van der Waals surface area (Å²) in [5.74, 6) is 0.285. The van der Waals surface area contributed by atoms with Crippen molar-refractivity contribution < 1.29 is 14.3 Å². The first-order valence-electron chi connectivity index (χ1n) is 7.56. The Labute approximate surface area is 149 Å². The third-order valence-corrected chi connectivity index (χ3v) is 4.34. The molecule has 0 saturated heterocycles. The Morgan fingerprint density at radius 1 is 0.880 bits per heavy atom. The van der Waals surface area contributed by atoms with Gasteiger partial charge in [0.05, 0.1) is 12.0 Å². The van der Waals surface area contributed by atoms with Crippen molar-refractivity contribution in [1.82, 2.24) is 0 Å². The van der Waals surface area contributed by atoms with Crippen LogP contribution in [0.1, 0.15) is 20.0 Å². The summed E-state index contributed by atoms with van der Waals surface area (Å²) in [5, 5.41) is 7.48. The monoisotopic (exact) mass is 352 g/mol. The minimum absolute atomic E-state index is 0.173. The average molecular weight is 352 g/mol. The van der Waals surface area contributed by atoms with Gasteiger partial charge in [-0.15, -0.1) is 11.3 Å². The van der Waals surface area contributed by atoms with Crippen molar-refractivity contribution in [3.05, 3.63) is 76.5 Å². The van der Waals surface area contributed by atoms with Crippen LogP contribution < -0.4 is 15.4 Å². The highest BCUT2D eigenvalue weighted by Crippen LogP contribution is 2.19. The molecule has 1 aromatic heterocycles. The van der Waals surface area contributed by atoms with E-state index in [-0.39, 0.29) is 11.8 Å². The third-order valence-electron chi connectivity index (χ3n) is 3.48. The number of thiophene rings is 1. The normalized spacial score (nSPS) is 10.1. The Morgan fingerprint density at radius 3 is 2.16 bits per heavy atom. The zero-order chi connectivity index (χ0) is 17.6. The fourth-order valence-electron chi connectivity index (χ4n) is 2.22. The molecular formula is C19H16N2O3S. The van der Waals surface area contributed by atoms with Gasteiger partial charge in [-0.25, -0.2) is 0 Å². The van der Waals surface area contributed by atoms with Gasteiger partial charge in [0.15, 0.2) is 0 Å². The van der Waals surface area contributed by atoms with Gasteiger partial charge in [-0.3, -0.25) is 9.59 Å². The molecule has 0 aliphatic rings. The van der Waals surface area contributed by atoms with Gasteiger partial charge in [-0.2, -0.15) is 0 Å². The first-order valence-corrected chi connectivity index (χ1v) is 8.44. The van der Waals surface area contributed by atoms with Gasteiger partial charge in [0.25, 0.3) is 11.8 Å². The van der Waals surface area contributed by atoms with E-state index in [0.717, 1.165) is 0 Å². The topological polar surface area (TPSA) is 67.4 Å². The van der Waals surface area contributed by atoms with Crippen molar-refractivity contribution >= 4 is 34.5 Å². The lowest BCUT2D eigenvalue weighted by atomic mass is 10.2. The number of amides is 2. The van der Waals surface area contributed by atoms with Gasteiger partial charge in [0.2, 0.25) is 0 Å². The van der Waals surface area contributed by atoms with E-state index in [0.29, 0.717) is 27.6 Å². The number of carbonyl (C=O) groups is 2. The van der Waals surface area contributed by atoms with E-state index in [9.17, 15) is 9.59 Å². The molecule has 0 atom stereocenters. The molecule has 2 N–H and O–H groups in total. The molecule has 0 bridgehead atoms. The summed E-state index contributed by atoms with van der Waals surface area (Å²) in [6.07, 6.45) is 0. The number of hydrogen-bond acceptors (Lipinski definition) is 4. The first kappa shape index (κ1) is 16.7. The van der Waals surface area contributed by atoms with Crippen LogP contribution in [0.25, 0.3) is 0 Å². The maximum Gasteiger partial charge on any atom is 0.265 e. The number of nitrogens with one attached hydrogen (secondary N) is 2. The zero-order valence-corrected chi connectivity index (χ0v) is 14.3. The molecule has 1 heterocycles. The maximum atomic E-state index is 12.3. The third kappa shape index (κ3) is 4.24. The van der Waals surface area contributed by atoms with E-state index >= 15 is 0 Å². The van der Waals surface area contributed by atoms with Gasteiger partial charge in [-0.1, -0.05) is 12.1 Å². The Morgan fingerprint density at radius 2 is 1.56 bits per heavy atom. The molecule has 3 rings (SSSR count). The van der Waals surface area contributed by atoms with Crippen molar-refractivity contribution in [2.45, 2.75) is 0 Å². The van der Waals surface area contributed by atoms with Crippen molar-refractivity contribution in [2.24, 2.45) is 0 Å². The first-order chi connectivity index (χ1) is 12.2. The predicted molar refractivity (Wildman–Crippen MR) is 99.7 cm³/mol. The second-order valence-electron chi connectivity index (χ2n) is 5.19. The van der Waals surface area contributed by atoms with Crippen molar-refractivity contribution in [2.75, 3.05) is 17.7 Å². The summed E-state index contributed by atoms with van der Waals surface area (Å²) in [7, 11) is 1.57. The molecule has 2 aromatic carbocycles. The SMILES string of the molecule is COc1ccc(C(=O)Nc2cccc(NC(=O)c3cccs3)c2)cc1. The summed E-state index contributed by atoms with van der Waals surface area (Å²) >= 11 is 1.37. The predicted octanol–water partition coefficient (Wildman–Crippen LogP) is 4.26. The lowest BCUT2D eigenvalue weighted by molar-refractivity contribution is 0.102. The second-order valence-corrected chi connectivity index (χ2v) is 6.14. The van der Waals surface area contributed by atoms with Crippen LogP contribution in [0.4, 0.5) is 11.4 Å². The molecule has 0 saturated carbocycles. The van der Waals surface area contributed by atoms with E-state index in [4.69, 9.17) is 4.74 Å². The van der Waals surface area contributed by atoms with Crippen LogP contribution in [0, 0.1) is 0 Å². The lowest BCUT2D eigenvalue weighted by Gasteiger charge is -2.09. The molecular weight excluding hydrogens is 336 g/mol. The number of hydrogen-bond donors (Lipinski definition) is 2. The minimum atomic E-state index is -0.232. The van der Waals surface area contributed by atoms with Gasteiger partial charge >= 0.3 is 0 Å². The lowest BCUT2D eigenvalue weighted by Crippen LogP contribution is -2.13. The van der Waals surface area contributed by atoms with Crippen LogP contribution in [-0.4, -0.2) is 18.9 Å². The van der Waals surface area contributed by atoms with Gasteiger partial charge < -0.3 is 15.4 Å². The maximum absolute atomic E-state index is 12.3. The summed E-state index contributed by atoms with van der Waals surface area (Å²) in [5.41, 5.74) is 1.74. The highest BCUT2D eigenvalue weighted by atomic mass is 32.1. The molecule has 0 unspecified atom stereocenters. The fourth-order valence-corrected chi connectivity index (χ4v) is 2.84. The number of methoxy groups -OCH3 is 1. The van der Waals surface area contributed by atoms with E-state index in [2.05, 4.69) is 10.6 Å². The standard InChI is InChI=1S/C19H16N2O3S/c1-24-16-9-7-13(8-10-16)18(22)20-14-4-2-5-15(12-14)21-19(23)17-6-3-11-25-17/h2-12H,1H3,(H,20,22)(H,21,23). The van der Waals surface area contributed by atoms with Crippen molar-refractivity contribution in [3.63, 3.8) is 0 Å². The summed E-state index contributed by atoms with van der Waals surface area (Å²) in [4.78, 5) is 25.0. The Kier molecular flexibility index (Phi) is 5.11. The van der Waals surface area contributed by atoms with Crippen LogP contribution >= 0.6 is 11.3 Å². The molecule has 126 valence electrons. The summed E-state index contributed by atoms with van der Waals surface area (Å²) in [6, 6.07) is 17.4. The Bertz CT molecular complexity index is 874. The molecule has 2 amide bonds. The van der Waals surface area contributed by atoms with Gasteiger partial charge in [-0.05, 0) is 53.9 Å². The quantitative estimate of drug-likeness (QED) is 0.721. The second kappa shape index (κ2) is 7.63. The van der Waals surface area contributed by atoms with Crippen LogP contribution in [-0.2, 0) is 0 Å². The van der Waals surface area contributed by atoms with Crippen molar-refractivity contribution in [1.29, 1.82) is 0 Å². The number of carbonyl (C=O) groups excluding carboxylic acids is 2. The summed E-state index contributed by atoms with van der Waals surface area (Å²) in [6.45, 7) is 0. The molecule has 0 spiro atoms. The molecule has 3 aromatic rings. The number of benzene rings is 2. The minimum Gasteiger partial charge on any atom is -0.497 e. The van der Waals surface area contributed by atoms with Crippen molar-refractivity contribution in [3.8, 4) is 5.75 Å². The van der Waals surface area contributed by atoms with Gasteiger partial charge in [0, 0.05) is 16.9 Å². The molecule has 0 aliphatic heterocycles. The van der Waals surface area contributed by atoms with E-state index < -0.39 is 0 Å². The number of ether oxygens (including phenoxy) is 1. The fraction of sp³-hybridized carbons (Fsp3) is 0.0526. The van der Waals surface area contributed by atoms with E-state index in [1.165, 1.54) is 11.3 Å². The van der Waals surface area contributed by atoms with Gasteiger partial charge in [0.1, 0.15) is 5.75 Å². The average Bonchev–Trinajstić information content (AvgIpc) is 3.17. The zero-order valence-electron chi connectivity index (χ0n) is 13.5. The van der Waals surface area contributed by atoms with Crippen LogP contribution in [0.15, 0.2) is 66.0 Å². The largest absolute Gasteiger partial charge is 0.497 e. The van der Waals surface area contributed by atoms with Crippen LogP contribution in [0.2, 0.25) is 0 Å². The summed E-state index contributed by atoms with van der Waals surface area (Å²) < 4.78 is 5.08. The van der Waals surface area contributed by atoms with E-state index in [1.54, 1.807) is 61.7 Å². The molecule has 0 fully saturated rings. The molecule has 5 nitrogen and oxygen atoms in total. The molecule has 6 heteroatoms. The molecule has 0 radical (unpaired) electrons. The molecule has 0 aliphatic carbocycles. The number of anilines is 2. The van der Waals surface area contributed by atoms with Crippen LogP contribution in [0.5, 0.6) is 5.75 Å². The highest BCUT2D eigenvalue weighted by Gasteiger charge is 2.09. The highest BCUT2D eigenvalue weighted by molar-refractivity contribution is 7.12. The van der Waals surface area contributed by atoms with E-state index in [1.807, 2.05) is 11.4 Å². The molecule has 25 heavy (non-hydrogen) atoms. The smallest absolute Gasteiger partial charge is 0.265 e. The van der Waals surface area contributed by atoms with Crippen LogP contribution in [0.3, 0.4) is 0 Å².